The number of aryl methyl sites for hydroxylation is 1. The van der Waals surface area contributed by atoms with Crippen molar-refractivity contribution in [1.82, 2.24) is 14.5 Å². The lowest BCUT2D eigenvalue weighted by Gasteiger charge is -2.37. The quantitative estimate of drug-likeness (QED) is 0.157. The first-order chi connectivity index (χ1) is 25.9. The highest BCUT2D eigenvalue weighted by molar-refractivity contribution is 6.10. The minimum atomic E-state index is -1.80. The second-order valence-electron chi connectivity index (χ2n) is 13.2. The van der Waals surface area contributed by atoms with Crippen molar-refractivity contribution >= 4 is 22.8 Å². The highest BCUT2D eigenvalue weighted by Gasteiger charge is 2.48. The zero-order chi connectivity index (χ0) is 36.5. The smallest absolute Gasteiger partial charge is 0.259 e. The van der Waals surface area contributed by atoms with Crippen LogP contribution in [0.3, 0.4) is 0 Å². The van der Waals surface area contributed by atoms with Crippen molar-refractivity contribution in [2.45, 2.75) is 43.1 Å². The van der Waals surface area contributed by atoms with Gasteiger partial charge in [0.2, 0.25) is 0 Å². The molecule has 270 valence electrons. The number of methoxy groups -OCH3 is 2. The van der Waals surface area contributed by atoms with E-state index < -0.39 is 30.2 Å². The average Bonchev–Trinajstić information content (AvgIpc) is 3.65. The Labute approximate surface area is 306 Å². The topological polar surface area (TPSA) is 108 Å². The third-order valence-electron chi connectivity index (χ3n) is 10.2. The molecular weight excluding hydrogens is 675 g/mol. The van der Waals surface area contributed by atoms with Crippen molar-refractivity contribution < 1.29 is 33.2 Å². The number of halogens is 1. The van der Waals surface area contributed by atoms with E-state index in [0.29, 0.717) is 53.3 Å². The van der Waals surface area contributed by atoms with E-state index in [2.05, 4.69) is 9.97 Å². The number of alkyl halides is 1. The van der Waals surface area contributed by atoms with Gasteiger partial charge in [-0.15, -0.1) is 0 Å². The fourth-order valence-electron chi connectivity index (χ4n) is 7.55. The summed E-state index contributed by atoms with van der Waals surface area (Å²) in [5.74, 6) is 1.66. The molecule has 10 nitrogen and oxygen atoms in total. The number of hydrogen-bond acceptors (Lipinski definition) is 8. The molecule has 4 aromatic carbocycles. The predicted octanol–water partition coefficient (Wildman–Crippen LogP) is 6.65. The largest absolute Gasteiger partial charge is 0.497 e. The van der Waals surface area contributed by atoms with E-state index in [1.54, 1.807) is 35.8 Å². The molecule has 1 fully saturated rings. The van der Waals surface area contributed by atoms with Gasteiger partial charge in [0.25, 0.3) is 5.91 Å². The summed E-state index contributed by atoms with van der Waals surface area (Å²) in [7, 11) is 3.22. The number of aromatic nitrogens is 3. The Hall–Kier alpha value is -5.62. The number of nitrogens with zero attached hydrogens (tertiary/aromatic N) is 4. The normalized spacial score (nSPS) is 20.0. The van der Waals surface area contributed by atoms with Gasteiger partial charge in [0.1, 0.15) is 47.1 Å². The summed E-state index contributed by atoms with van der Waals surface area (Å²) in [6, 6.07) is 34.0. The van der Waals surface area contributed by atoms with Crippen LogP contribution < -0.4 is 14.4 Å². The molecule has 0 bridgehead atoms. The summed E-state index contributed by atoms with van der Waals surface area (Å²) in [6.45, 7) is 0.320. The molecule has 0 radical (unpaired) electrons. The molecule has 4 atom stereocenters. The molecule has 8 rings (SSSR count). The number of carbonyl (C=O) groups is 1. The van der Waals surface area contributed by atoms with Crippen LogP contribution >= 0.6 is 0 Å². The van der Waals surface area contributed by atoms with Crippen molar-refractivity contribution in [3.8, 4) is 11.5 Å². The fraction of sp³-hybridized carbons (Fsp3) is 0.262. The number of aliphatic hydroxyl groups excluding tert-OH is 1. The summed E-state index contributed by atoms with van der Waals surface area (Å²) in [5, 5.41) is 12.1. The minimum absolute atomic E-state index is 0.156. The first-order valence-electron chi connectivity index (χ1n) is 17.6. The fourth-order valence-corrected chi connectivity index (χ4v) is 7.55. The van der Waals surface area contributed by atoms with Crippen molar-refractivity contribution in [3.05, 3.63) is 150 Å². The molecule has 0 saturated carbocycles. The molecule has 1 saturated heterocycles. The summed E-state index contributed by atoms with van der Waals surface area (Å²) in [6.07, 6.45) is -1.05. The van der Waals surface area contributed by atoms with Gasteiger partial charge in [-0.1, -0.05) is 72.8 Å². The van der Waals surface area contributed by atoms with Crippen molar-refractivity contribution in [2.24, 2.45) is 0 Å². The standard InChI is InChI=1S/C42H39FN4O6/c1-50-32-19-15-30(16-20-32)42(29-13-7-4-8-14-29,31-17-21-33(51-2)22-18-31)52-25-34-37(48)36(43)41(53-34)47-24-28-12-9-23-46(38-35(28)39(47)45-26-44-38)40(49)27-10-5-3-6-11-27/h3-8,10-11,13-22,24,26,34,36-37,41,48H,9,12,23,25H2,1-2H3/t34-,36?,37+,41-/m1/s1. The zero-order valence-corrected chi connectivity index (χ0v) is 29.3. The second-order valence-corrected chi connectivity index (χ2v) is 13.2. The molecule has 2 aliphatic heterocycles. The number of hydrogen-bond donors (Lipinski definition) is 1. The average molecular weight is 715 g/mol. The summed E-state index contributed by atoms with van der Waals surface area (Å²) < 4.78 is 42.2. The van der Waals surface area contributed by atoms with E-state index in [4.69, 9.17) is 18.9 Å². The van der Waals surface area contributed by atoms with Crippen LogP contribution in [-0.4, -0.2) is 71.3 Å². The van der Waals surface area contributed by atoms with Crippen LogP contribution in [0.1, 0.15) is 45.3 Å². The van der Waals surface area contributed by atoms with Gasteiger partial charge in [-0.2, -0.15) is 0 Å². The molecule has 2 aromatic heterocycles. The van der Waals surface area contributed by atoms with Gasteiger partial charge < -0.3 is 28.6 Å². The maximum atomic E-state index is 16.3. The molecule has 1 unspecified atom stereocenters. The lowest BCUT2D eigenvalue weighted by atomic mass is 9.80. The summed E-state index contributed by atoms with van der Waals surface area (Å²) in [5.41, 5.74) is 3.08. The maximum absolute atomic E-state index is 16.3. The van der Waals surface area contributed by atoms with Crippen LogP contribution in [0.4, 0.5) is 10.2 Å². The van der Waals surface area contributed by atoms with Crippen LogP contribution in [0.15, 0.2) is 122 Å². The van der Waals surface area contributed by atoms with Gasteiger partial charge in [0, 0.05) is 18.3 Å². The summed E-state index contributed by atoms with van der Waals surface area (Å²) >= 11 is 0. The number of anilines is 1. The molecule has 11 heteroatoms. The van der Waals surface area contributed by atoms with Gasteiger partial charge in [-0.25, -0.2) is 14.4 Å². The number of amides is 1. The van der Waals surface area contributed by atoms with E-state index in [1.165, 1.54) is 6.33 Å². The van der Waals surface area contributed by atoms with Gasteiger partial charge in [-0.05, 0) is 71.5 Å². The van der Waals surface area contributed by atoms with Gasteiger partial charge in [0.15, 0.2) is 12.4 Å². The van der Waals surface area contributed by atoms with Crippen molar-refractivity contribution in [3.63, 3.8) is 0 Å². The number of ether oxygens (including phenoxy) is 4. The molecule has 53 heavy (non-hydrogen) atoms. The Kier molecular flexibility index (Phi) is 9.38. The van der Waals surface area contributed by atoms with Gasteiger partial charge in [0.05, 0.1) is 26.2 Å². The Morgan fingerprint density at radius 2 is 1.47 bits per heavy atom. The van der Waals surface area contributed by atoms with Gasteiger partial charge in [-0.3, -0.25) is 9.69 Å². The van der Waals surface area contributed by atoms with E-state index in [1.807, 2.05) is 103 Å². The Bertz CT molecular complexity index is 2150. The maximum Gasteiger partial charge on any atom is 0.259 e. The number of benzene rings is 4. The number of aliphatic hydroxyl groups is 1. The van der Waals surface area contributed by atoms with E-state index in [0.717, 1.165) is 22.3 Å². The second kappa shape index (κ2) is 14.4. The molecule has 4 heterocycles. The van der Waals surface area contributed by atoms with E-state index in [9.17, 15) is 9.90 Å². The number of carbonyl (C=O) groups excluding carboxylic acids is 1. The lowest BCUT2D eigenvalue weighted by molar-refractivity contribution is -0.0935. The monoisotopic (exact) mass is 714 g/mol. The van der Waals surface area contributed by atoms with E-state index >= 15 is 4.39 Å². The lowest BCUT2D eigenvalue weighted by Crippen LogP contribution is -2.39. The van der Waals surface area contributed by atoms with Crippen molar-refractivity contribution in [2.75, 3.05) is 32.3 Å². The van der Waals surface area contributed by atoms with Crippen LogP contribution in [0.2, 0.25) is 0 Å². The van der Waals surface area contributed by atoms with Crippen LogP contribution in [0.25, 0.3) is 11.0 Å². The third kappa shape index (κ3) is 6.10. The van der Waals surface area contributed by atoms with Crippen LogP contribution in [-0.2, 0) is 21.5 Å². The SMILES string of the molecule is COc1ccc(C(OC[C@H]2O[C@@H](n3cc4c5c(ncnc53)N(C(=O)c3ccccc3)CCC4)C(F)[C@H]2O)(c2ccccc2)c2ccc(OC)cc2)cc1. The van der Waals surface area contributed by atoms with E-state index in [-0.39, 0.29) is 12.5 Å². The molecule has 0 aliphatic carbocycles. The molecule has 6 aromatic rings. The Morgan fingerprint density at radius 3 is 2.09 bits per heavy atom. The minimum Gasteiger partial charge on any atom is -0.497 e. The highest BCUT2D eigenvalue weighted by atomic mass is 19.1. The summed E-state index contributed by atoms with van der Waals surface area (Å²) in [4.78, 5) is 24.4. The van der Waals surface area contributed by atoms with Gasteiger partial charge >= 0.3 is 0 Å². The Balaban J connectivity index is 1.14. The first-order valence-corrected chi connectivity index (χ1v) is 17.6. The van der Waals surface area contributed by atoms with Crippen molar-refractivity contribution in [1.29, 1.82) is 0 Å². The van der Waals surface area contributed by atoms with Crippen LogP contribution in [0.5, 0.6) is 11.5 Å². The third-order valence-corrected chi connectivity index (χ3v) is 10.2. The predicted molar refractivity (Wildman–Crippen MR) is 197 cm³/mol. The molecule has 0 spiro atoms. The first kappa shape index (κ1) is 34.5. The Morgan fingerprint density at radius 1 is 0.868 bits per heavy atom. The molecule has 2 aliphatic rings. The highest BCUT2D eigenvalue weighted by Crippen LogP contribution is 2.44. The molecule has 1 N–H and O–H groups in total. The number of rotatable bonds is 10. The molecule has 1 amide bonds. The van der Waals surface area contributed by atoms with Crippen LogP contribution in [0, 0.1) is 0 Å². The zero-order valence-electron chi connectivity index (χ0n) is 29.3. The molecular formula is C42H39FN4O6.